The van der Waals surface area contributed by atoms with Crippen molar-refractivity contribution in [1.29, 1.82) is 0 Å². The highest BCUT2D eigenvalue weighted by atomic mass is 35.5. The number of carbonyl (C=O) groups excluding carboxylic acids is 1. The summed E-state index contributed by atoms with van der Waals surface area (Å²) in [5, 5.41) is 19.9. The van der Waals surface area contributed by atoms with Crippen LogP contribution in [0.5, 0.6) is 0 Å². The van der Waals surface area contributed by atoms with Crippen molar-refractivity contribution in [3.05, 3.63) is 63.8 Å². The fourth-order valence-corrected chi connectivity index (χ4v) is 2.76. The van der Waals surface area contributed by atoms with E-state index in [4.69, 9.17) is 28.3 Å². The Bertz CT molecular complexity index is 1020. The second-order valence-electron chi connectivity index (χ2n) is 5.49. The molecule has 0 aliphatic carbocycles. The first kappa shape index (κ1) is 18.9. The molecule has 1 aromatic carbocycles. The van der Waals surface area contributed by atoms with Gasteiger partial charge in [-0.05, 0) is 23.8 Å². The van der Waals surface area contributed by atoms with Gasteiger partial charge in [-0.3, -0.25) is 9.48 Å². The maximum absolute atomic E-state index is 13.1. The van der Waals surface area contributed by atoms with Gasteiger partial charge in [-0.15, -0.1) is 0 Å². The van der Waals surface area contributed by atoms with Crippen LogP contribution in [0.4, 0.5) is 10.2 Å². The molecule has 2 aromatic heterocycles. The number of halogens is 3. The topological polar surface area (TPSA) is 102 Å². The summed E-state index contributed by atoms with van der Waals surface area (Å²) >= 11 is 12.1. The summed E-state index contributed by atoms with van der Waals surface area (Å²) < 4.78 is 15.6. The predicted molar refractivity (Wildman–Crippen MR) is 95.6 cm³/mol. The van der Waals surface area contributed by atoms with Crippen LogP contribution in [0.25, 0.3) is 0 Å². The van der Waals surface area contributed by atoms with Gasteiger partial charge in [-0.2, -0.15) is 10.2 Å². The Labute approximate surface area is 162 Å². The van der Waals surface area contributed by atoms with E-state index >= 15 is 0 Å². The lowest BCUT2D eigenvalue weighted by molar-refractivity contribution is -0.116. The number of carbonyl (C=O) groups is 2. The summed E-state index contributed by atoms with van der Waals surface area (Å²) in [5.41, 5.74) is 0.505. The van der Waals surface area contributed by atoms with E-state index < -0.39 is 17.7 Å². The first-order valence-corrected chi connectivity index (χ1v) is 8.31. The first-order valence-electron chi connectivity index (χ1n) is 7.55. The highest BCUT2D eigenvalue weighted by Gasteiger charge is 2.16. The van der Waals surface area contributed by atoms with Crippen LogP contribution in [0.3, 0.4) is 0 Å². The molecular formula is C16H12Cl2FN5O3. The first-order chi connectivity index (χ1) is 12.8. The predicted octanol–water partition coefficient (Wildman–Crippen LogP) is 2.91. The zero-order chi connectivity index (χ0) is 19.6. The van der Waals surface area contributed by atoms with Crippen LogP contribution in [0, 0.1) is 5.82 Å². The lowest BCUT2D eigenvalue weighted by Crippen LogP contribution is -2.22. The summed E-state index contributed by atoms with van der Waals surface area (Å²) in [4.78, 5) is 23.2. The number of rotatable bonds is 6. The molecule has 3 aromatic rings. The summed E-state index contributed by atoms with van der Waals surface area (Å²) in [6.07, 6.45) is 2.76. The Morgan fingerprint density at radius 1 is 1.22 bits per heavy atom. The van der Waals surface area contributed by atoms with E-state index in [-0.39, 0.29) is 34.6 Å². The van der Waals surface area contributed by atoms with Crippen LogP contribution >= 0.6 is 23.2 Å². The third kappa shape index (κ3) is 4.44. The largest absolute Gasteiger partial charge is 0.477 e. The molecule has 0 radical (unpaired) electrons. The molecule has 0 saturated carbocycles. The molecule has 2 N–H and O–H groups in total. The number of hydrogen-bond donors (Lipinski definition) is 2. The number of nitrogens with zero attached hydrogens (tertiary/aromatic N) is 4. The fourth-order valence-electron chi connectivity index (χ4n) is 2.34. The number of anilines is 1. The number of carboxylic acid groups (broad SMARTS) is 1. The molecule has 11 heteroatoms. The van der Waals surface area contributed by atoms with Crippen LogP contribution in [0.2, 0.25) is 10.0 Å². The minimum absolute atomic E-state index is 0.101. The molecule has 0 saturated heterocycles. The molecule has 8 nitrogen and oxygen atoms in total. The minimum atomic E-state index is -1.20. The molecule has 0 aliphatic heterocycles. The Hall–Kier alpha value is -2.91. The molecule has 2 heterocycles. The molecule has 1 amide bonds. The quantitative estimate of drug-likeness (QED) is 0.648. The van der Waals surface area contributed by atoms with Gasteiger partial charge in [0.15, 0.2) is 5.82 Å². The Kier molecular flexibility index (Phi) is 5.43. The lowest BCUT2D eigenvalue weighted by Gasteiger charge is -2.06. The molecule has 140 valence electrons. The standard InChI is InChI=1S/C16H12Cl2FN5O3/c17-11-5-10(19)2-1-9(11)6-23-7-12(18)15(22-23)21-14(25)8-24-13(16(26)27)3-4-20-24/h1-5,7H,6,8H2,(H,26,27)(H,21,22,25). The SMILES string of the molecule is O=C(Cn1nccc1C(=O)O)Nc1nn(Cc2ccc(F)cc2Cl)cc1Cl. The summed E-state index contributed by atoms with van der Waals surface area (Å²) in [5.74, 6) is -2.09. The maximum atomic E-state index is 13.1. The number of aromatic carboxylic acids is 1. The monoisotopic (exact) mass is 411 g/mol. The van der Waals surface area contributed by atoms with E-state index in [9.17, 15) is 14.0 Å². The van der Waals surface area contributed by atoms with E-state index in [1.54, 1.807) is 0 Å². The summed E-state index contributed by atoms with van der Waals surface area (Å²) in [7, 11) is 0. The number of benzene rings is 1. The number of hydrogen-bond acceptors (Lipinski definition) is 4. The molecule has 0 fully saturated rings. The van der Waals surface area contributed by atoms with Crippen LogP contribution in [-0.4, -0.2) is 36.5 Å². The molecular weight excluding hydrogens is 400 g/mol. The number of carboxylic acids is 1. The smallest absolute Gasteiger partial charge is 0.354 e. The molecule has 0 unspecified atom stereocenters. The number of aromatic nitrogens is 4. The third-order valence-electron chi connectivity index (χ3n) is 3.55. The van der Waals surface area contributed by atoms with Gasteiger partial charge in [-0.25, -0.2) is 13.9 Å². The van der Waals surface area contributed by atoms with Crippen molar-refractivity contribution >= 4 is 40.9 Å². The van der Waals surface area contributed by atoms with E-state index in [1.807, 2.05) is 0 Å². The second kappa shape index (κ2) is 7.77. The maximum Gasteiger partial charge on any atom is 0.354 e. The fraction of sp³-hybridized carbons (Fsp3) is 0.125. The van der Waals surface area contributed by atoms with Crippen molar-refractivity contribution in [2.24, 2.45) is 0 Å². The Balaban J connectivity index is 1.70. The van der Waals surface area contributed by atoms with Gasteiger partial charge < -0.3 is 10.4 Å². The van der Waals surface area contributed by atoms with Crippen LogP contribution in [-0.2, 0) is 17.9 Å². The van der Waals surface area contributed by atoms with Gasteiger partial charge in [0.05, 0.1) is 6.54 Å². The molecule has 0 spiro atoms. The average molecular weight is 412 g/mol. The van der Waals surface area contributed by atoms with E-state index in [0.717, 1.165) is 4.68 Å². The number of amides is 1. The Morgan fingerprint density at radius 2 is 2.00 bits per heavy atom. The van der Waals surface area contributed by atoms with Crippen LogP contribution in [0.15, 0.2) is 36.7 Å². The minimum Gasteiger partial charge on any atom is -0.477 e. The highest BCUT2D eigenvalue weighted by Crippen LogP contribution is 2.22. The van der Waals surface area contributed by atoms with Crippen molar-refractivity contribution in [3.63, 3.8) is 0 Å². The van der Waals surface area contributed by atoms with E-state index in [1.165, 1.54) is 41.3 Å². The Morgan fingerprint density at radius 3 is 2.70 bits per heavy atom. The lowest BCUT2D eigenvalue weighted by atomic mass is 10.2. The van der Waals surface area contributed by atoms with Crippen molar-refractivity contribution in [2.75, 3.05) is 5.32 Å². The van der Waals surface area contributed by atoms with Gasteiger partial charge in [0.1, 0.15) is 23.1 Å². The highest BCUT2D eigenvalue weighted by molar-refractivity contribution is 6.33. The average Bonchev–Trinajstić information content (AvgIpc) is 3.17. The van der Waals surface area contributed by atoms with Gasteiger partial charge in [0.2, 0.25) is 5.91 Å². The molecule has 3 rings (SSSR count). The zero-order valence-corrected chi connectivity index (χ0v) is 15.1. The normalized spacial score (nSPS) is 10.8. The molecule has 0 atom stereocenters. The van der Waals surface area contributed by atoms with Gasteiger partial charge >= 0.3 is 5.97 Å². The number of nitrogens with one attached hydrogen (secondary N) is 1. The van der Waals surface area contributed by atoms with Crippen LogP contribution < -0.4 is 5.32 Å². The molecule has 0 bridgehead atoms. The van der Waals surface area contributed by atoms with Gasteiger partial charge in [-0.1, -0.05) is 29.3 Å². The van der Waals surface area contributed by atoms with E-state index in [2.05, 4.69) is 15.5 Å². The summed E-state index contributed by atoms with van der Waals surface area (Å²) in [6.45, 7) is -0.0986. The zero-order valence-electron chi connectivity index (χ0n) is 13.6. The van der Waals surface area contributed by atoms with Crippen LogP contribution in [0.1, 0.15) is 16.1 Å². The van der Waals surface area contributed by atoms with Crippen molar-refractivity contribution in [3.8, 4) is 0 Å². The van der Waals surface area contributed by atoms with Crippen molar-refractivity contribution in [1.82, 2.24) is 19.6 Å². The van der Waals surface area contributed by atoms with E-state index in [0.29, 0.717) is 5.56 Å². The van der Waals surface area contributed by atoms with Crippen molar-refractivity contribution < 1.29 is 19.1 Å². The van der Waals surface area contributed by atoms with Gasteiger partial charge in [0.25, 0.3) is 0 Å². The summed E-state index contributed by atoms with van der Waals surface area (Å²) in [6, 6.07) is 5.27. The molecule has 27 heavy (non-hydrogen) atoms. The van der Waals surface area contributed by atoms with Crippen molar-refractivity contribution in [2.45, 2.75) is 13.1 Å². The third-order valence-corrected chi connectivity index (χ3v) is 4.18. The molecule has 0 aliphatic rings. The second-order valence-corrected chi connectivity index (χ2v) is 6.30. The van der Waals surface area contributed by atoms with Gasteiger partial charge in [0, 0.05) is 17.4 Å².